The summed E-state index contributed by atoms with van der Waals surface area (Å²) in [6.07, 6.45) is 4.27. The second-order valence-corrected chi connectivity index (χ2v) is 8.67. The van der Waals surface area contributed by atoms with Gasteiger partial charge in [-0.25, -0.2) is 8.42 Å². The second-order valence-electron chi connectivity index (χ2n) is 5.86. The van der Waals surface area contributed by atoms with Crippen LogP contribution in [0.4, 0.5) is 0 Å². The Morgan fingerprint density at radius 3 is 2.45 bits per heavy atom. The summed E-state index contributed by atoms with van der Waals surface area (Å²) in [5.41, 5.74) is 0. The fourth-order valence-corrected chi connectivity index (χ4v) is 4.64. The van der Waals surface area contributed by atoms with Crippen LogP contribution in [-0.4, -0.2) is 37.3 Å². The zero-order valence-corrected chi connectivity index (χ0v) is 14.6. The number of carbonyl (C=O) groups is 1. The van der Waals surface area contributed by atoms with Crippen LogP contribution < -0.4 is 5.32 Å². The Morgan fingerprint density at radius 2 is 1.82 bits per heavy atom. The molecule has 1 saturated carbocycles. The third-order valence-corrected chi connectivity index (χ3v) is 6.55. The molecule has 1 N–H and O–H groups in total. The first-order valence-corrected chi connectivity index (χ1v) is 9.79. The lowest BCUT2D eigenvalue weighted by molar-refractivity contribution is -0.125. The van der Waals surface area contributed by atoms with Gasteiger partial charge in [0, 0.05) is 17.1 Å². The zero-order chi connectivity index (χ0) is 15.7. The maximum atomic E-state index is 12.8. The SMILES string of the molecule is O=C(NC1CC1)[C@@H]1CCCCN1S(=O)(=O)c1ccc(Br)cc1. The van der Waals surface area contributed by atoms with E-state index in [1.54, 1.807) is 24.3 Å². The van der Waals surface area contributed by atoms with E-state index in [2.05, 4.69) is 21.2 Å². The van der Waals surface area contributed by atoms with Crippen LogP contribution >= 0.6 is 15.9 Å². The molecule has 3 rings (SSSR count). The van der Waals surface area contributed by atoms with Gasteiger partial charge < -0.3 is 5.32 Å². The van der Waals surface area contributed by atoms with Gasteiger partial charge in [0.15, 0.2) is 0 Å². The third-order valence-electron chi connectivity index (χ3n) is 4.10. The van der Waals surface area contributed by atoms with E-state index in [9.17, 15) is 13.2 Å². The molecule has 22 heavy (non-hydrogen) atoms. The Hall–Kier alpha value is -0.920. The highest BCUT2D eigenvalue weighted by atomic mass is 79.9. The Bertz CT molecular complexity index is 656. The van der Waals surface area contributed by atoms with Crippen molar-refractivity contribution in [3.63, 3.8) is 0 Å². The standard InChI is InChI=1S/C15H19BrN2O3S/c16-11-4-8-13(9-5-11)22(20,21)18-10-2-1-3-14(18)15(19)17-12-6-7-12/h4-5,8-9,12,14H,1-3,6-7,10H2,(H,17,19)/t14-/m0/s1. The molecule has 1 atom stereocenters. The molecule has 1 aliphatic heterocycles. The maximum absolute atomic E-state index is 12.8. The molecule has 1 saturated heterocycles. The summed E-state index contributed by atoms with van der Waals surface area (Å²) in [7, 11) is -3.64. The first kappa shape index (κ1) is 16.0. The lowest BCUT2D eigenvalue weighted by atomic mass is 10.0. The highest BCUT2D eigenvalue weighted by molar-refractivity contribution is 9.10. The van der Waals surface area contributed by atoms with E-state index in [0.717, 1.165) is 30.2 Å². The number of benzene rings is 1. The van der Waals surface area contributed by atoms with Crippen molar-refractivity contribution in [2.45, 2.75) is 49.1 Å². The van der Waals surface area contributed by atoms with Gasteiger partial charge in [0.05, 0.1) is 4.90 Å². The number of piperidine rings is 1. The van der Waals surface area contributed by atoms with Gasteiger partial charge in [0.1, 0.15) is 6.04 Å². The van der Waals surface area contributed by atoms with Crippen molar-refractivity contribution >= 4 is 31.9 Å². The van der Waals surface area contributed by atoms with Crippen LogP contribution in [0.5, 0.6) is 0 Å². The van der Waals surface area contributed by atoms with E-state index < -0.39 is 16.1 Å². The molecule has 1 heterocycles. The smallest absolute Gasteiger partial charge is 0.243 e. The molecule has 2 fully saturated rings. The number of sulfonamides is 1. The Labute approximate surface area is 139 Å². The molecule has 0 bridgehead atoms. The van der Waals surface area contributed by atoms with Crippen molar-refractivity contribution in [3.05, 3.63) is 28.7 Å². The molecule has 0 spiro atoms. The molecule has 1 amide bonds. The predicted octanol–water partition coefficient (Wildman–Crippen LogP) is 2.27. The highest BCUT2D eigenvalue weighted by Crippen LogP contribution is 2.27. The normalized spacial score (nSPS) is 23.2. The summed E-state index contributed by atoms with van der Waals surface area (Å²) in [5.74, 6) is -0.150. The molecule has 1 aliphatic carbocycles. The third kappa shape index (κ3) is 3.36. The minimum Gasteiger partial charge on any atom is -0.352 e. The Balaban J connectivity index is 1.85. The van der Waals surface area contributed by atoms with Crippen LogP contribution in [0.2, 0.25) is 0 Å². The monoisotopic (exact) mass is 386 g/mol. The van der Waals surface area contributed by atoms with E-state index in [1.165, 1.54) is 4.31 Å². The van der Waals surface area contributed by atoms with Crippen LogP contribution in [0.3, 0.4) is 0 Å². The molecule has 0 radical (unpaired) electrons. The van der Waals surface area contributed by atoms with E-state index in [-0.39, 0.29) is 16.8 Å². The molecular weight excluding hydrogens is 368 g/mol. The van der Waals surface area contributed by atoms with Crippen molar-refractivity contribution in [2.75, 3.05) is 6.54 Å². The first-order valence-electron chi connectivity index (χ1n) is 7.56. The number of nitrogens with zero attached hydrogens (tertiary/aromatic N) is 1. The van der Waals surface area contributed by atoms with Crippen molar-refractivity contribution in [3.8, 4) is 0 Å². The van der Waals surface area contributed by atoms with Crippen molar-refractivity contribution in [2.24, 2.45) is 0 Å². The summed E-state index contributed by atoms with van der Waals surface area (Å²) in [6.45, 7) is 0.404. The number of carbonyl (C=O) groups excluding carboxylic acids is 1. The van der Waals surface area contributed by atoms with Gasteiger partial charge in [-0.2, -0.15) is 4.31 Å². The van der Waals surface area contributed by atoms with Crippen LogP contribution in [0.25, 0.3) is 0 Å². The highest BCUT2D eigenvalue weighted by Gasteiger charge is 2.39. The van der Waals surface area contributed by atoms with Gasteiger partial charge in [-0.3, -0.25) is 4.79 Å². The minimum atomic E-state index is -3.64. The molecule has 0 unspecified atom stereocenters. The summed E-state index contributed by atoms with van der Waals surface area (Å²) in [4.78, 5) is 12.6. The fourth-order valence-electron chi connectivity index (χ4n) is 2.72. The maximum Gasteiger partial charge on any atom is 0.243 e. The van der Waals surface area contributed by atoms with E-state index in [1.807, 2.05) is 0 Å². The zero-order valence-electron chi connectivity index (χ0n) is 12.2. The molecule has 1 aromatic rings. The summed E-state index contributed by atoms with van der Waals surface area (Å²) in [6, 6.07) is 6.22. The van der Waals surface area contributed by atoms with Gasteiger partial charge in [-0.05, 0) is 49.9 Å². The molecule has 120 valence electrons. The van der Waals surface area contributed by atoms with E-state index >= 15 is 0 Å². The number of hydrogen-bond acceptors (Lipinski definition) is 3. The predicted molar refractivity (Wildman–Crippen MR) is 86.8 cm³/mol. The topological polar surface area (TPSA) is 66.5 Å². The molecule has 2 aliphatic rings. The molecular formula is C15H19BrN2O3S. The second kappa shape index (κ2) is 6.29. The van der Waals surface area contributed by atoms with Gasteiger partial charge in [-0.1, -0.05) is 22.4 Å². The number of rotatable bonds is 4. The molecule has 0 aromatic heterocycles. The Morgan fingerprint density at radius 1 is 1.14 bits per heavy atom. The van der Waals surface area contributed by atoms with Crippen LogP contribution in [0.15, 0.2) is 33.6 Å². The quantitative estimate of drug-likeness (QED) is 0.862. The molecule has 1 aromatic carbocycles. The average Bonchev–Trinajstić information content (AvgIpc) is 3.31. The summed E-state index contributed by atoms with van der Waals surface area (Å²) < 4.78 is 27.9. The average molecular weight is 387 g/mol. The first-order chi connectivity index (χ1) is 10.5. The van der Waals surface area contributed by atoms with Crippen LogP contribution in [-0.2, 0) is 14.8 Å². The number of hydrogen-bond donors (Lipinski definition) is 1. The van der Waals surface area contributed by atoms with Crippen molar-refractivity contribution in [1.82, 2.24) is 9.62 Å². The fraction of sp³-hybridized carbons (Fsp3) is 0.533. The lowest BCUT2D eigenvalue weighted by Gasteiger charge is -2.33. The minimum absolute atomic E-state index is 0.150. The lowest BCUT2D eigenvalue weighted by Crippen LogP contribution is -2.52. The number of nitrogens with one attached hydrogen (secondary N) is 1. The van der Waals surface area contributed by atoms with Gasteiger partial charge in [0.2, 0.25) is 15.9 Å². The van der Waals surface area contributed by atoms with Gasteiger partial charge >= 0.3 is 0 Å². The number of halogens is 1. The van der Waals surface area contributed by atoms with Crippen molar-refractivity contribution in [1.29, 1.82) is 0 Å². The van der Waals surface area contributed by atoms with Crippen LogP contribution in [0, 0.1) is 0 Å². The molecule has 5 nitrogen and oxygen atoms in total. The Kier molecular flexibility index (Phi) is 4.56. The van der Waals surface area contributed by atoms with E-state index in [0.29, 0.717) is 13.0 Å². The van der Waals surface area contributed by atoms with Crippen LogP contribution in [0.1, 0.15) is 32.1 Å². The van der Waals surface area contributed by atoms with Gasteiger partial charge in [0.25, 0.3) is 0 Å². The molecule has 7 heteroatoms. The summed E-state index contributed by atoms with van der Waals surface area (Å²) in [5, 5.41) is 2.93. The van der Waals surface area contributed by atoms with Gasteiger partial charge in [-0.15, -0.1) is 0 Å². The largest absolute Gasteiger partial charge is 0.352 e. The van der Waals surface area contributed by atoms with Crippen molar-refractivity contribution < 1.29 is 13.2 Å². The summed E-state index contributed by atoms with van der Waals surface area (Å²) >= 11 is 3.30. The number of amides is 1. The van der Waals surface area contributed by atoms with E-state index in [4.69, 9.17) is 0 Å².